The Morgan fingerprint density at radius 3 is 2.94 bits per heavy atom. The Morgan fingerprint density at radius 2 is 2.35 bits per heavy atom. The Balaban J connectivity index is 2.09. The van der Waals surface area contributed by atoms with E-state index in [9.17, 15) is 8.42 Å². The predicted octanol–water partition coefficient (Wildman–Crippen LogP) is 0.741. The Kier molecular flexibility index (Phi) is 3.53. The maximum absolute atomic E-state index is 11.5. The Bertz CT molecular complexity index is 479. The van der Waals surface area contributed by atoms with E-state index in [-0.39, 0.29) is 11.8 Å². The molecule has 2 rings (SSSR count). The lowest BCUT2D eigenvalue weighted by Crippen LogP contribution is -2.25. The van der Waals surface area contributed by atoms with Crippen LogP contribution in [0.2, 0.25) is 0 Å². The van der Waals surface area contributed by atoms with E-state index in [1.165, 1.54) is 0 Å². The van der Waals surface area contributed by atoms with Gasteiger partial charge < -0.3 is 9.88 Å². The standard InChI is InChI=1S/C11H19N3O2S/c1-9(2)13-7-11-12-4-5-14(11)10-3-6-17(15,16)8-10/h4-5,9-10,13H,3,6-8H2,1-2H3. The van der Waals surface area contributed by atoms with Crippen molar-refractivity contribution in [3.8, 4) is 0 Å². The van der Waals surface area contributed by atoms with Gasteiger partial charge in [0.25, 0.3) is 0 Å². The number of rotatable bonds is 4. The van der Waals surface area contributed by atoms with Crippen LogP contribution < -0.4 is 5.32 Å². The van der Waals surface area contributed by atoms with Gasteiger partial charge in [0.1, 0.15) is 5.82 Å². The summed E-state index contributed by atoms with van der Waals surface area (Å²) < 4.78 is 24.9. The molecule has 0 aliphatic carbocycles. The summed E-state index contributed by atoms with van der Waals surface area (Å²) in [5.74, 6) is 1.46. The first-order chi connectivity index (χ1) is 7.98. The maximum Gasteiger partial charge on any atom is 0.152 e. The Morgan fingerprint density at radius 1 is 1.59 bits per heavy atom. The molecule has 1 aromatic heterocycles. The fraction of sp³-hybridized carbons (Fsp3) is 0.727. The summed E-state index contributed by atoms with van der Waals surface area (Å²) in [6.07, 6.45) is 4.32. The molecule has 0 spiro atoms. The van der Waals surface area contributed by atoms with Gasteiger partial charge in [-0.2, -0.15) is 0 Å². The lowest BCUT2D eigenvalue weighted by Gasteiger charge is -2.15. The minimum atomic E-state index is -2.84. The molecule has 1 atom stereocenters. The number of sulfone groups is 1. The highest BCUT2D eigenvalue weighted by Gasteiger charge is 2.29. The minimum absolute atomic E-state index is 0.0615. The molecule has 1 aromatic rings. The van der Waals surface area contributed by atoms with Gasteiger partial charge >= 0.3 is 0 Å². The SMILES string of the molecule is CC(C)NCc1nccn1C1CCS(=O)(=O)C1. The molecule has 17 heavy (non-hydrogen) atoms. The van der Waals surface area contributed by atoms with Gasteiger partial charge in [-0.3, -0.25) is 0 Å². The number of nitrogens with zero attached hydrogens (tertiary/aromatic N) is 2. The fourth-order valence-electron chi connectivity index (χ4n) is 2.10. The second-order valence-corrected chi connectivity index (χ2v) is 7.07. The van der Waals surface area contributed by atoms with Crippen LogP contribution in [0.15, 0.2) is 12.4 Å². The fourth-order valence-corrected chi connectivity index (χ4v) is 3.81. The van der Waals surface area contributed by atoms with Gasteiger partial charge in [0.2, 0.25) is 0 Å². The van der Waals surface area contributed by atoms with Crippen molar-refractivity contribution in [1.29, 1.82) is 0 Å². The average molecular weight is 257 g/mol. The van der Waals surface area contributed by atoms with Crippen LogP contribution in [0.25, 0.3) is 0 Å². The highest BCUT2D eigenvalue weighted by atomic mass is 32.2. The van der Waals surface area contributed by atoms with E-state index >= 15 is 0 Å². The van der Waals surface area contributed by atoms with Crippen LogP contribution in [0.3, 0.4) is 0 Å². The van der Waals surface area contributed by atoms with E-state index in [0.29, 0.717) is 24.8 Å². The normalized spacial score (nSPS) is 23.4. The van der Waals surface area contributed by atoms with Crippen LogP contribution >= 0.6 is 0 Å². The van der Waals surface area contributed by atoms with Crippen LogP contribution in [0.4, 0.5) is 0 Å². The lowest BCUT2D eigenvalue weighted by molar-refractivity contribution is 0.497. The molecule has 96 valence electrons. The van der Waals surface area contributed by atoms with E-state index in [0.717, 1.165) is 5.82 Å². The van der Waals surface area contributed by atoms with E-state index < -0.39 is 9.84 Å². The Hall–Kier alpha value is -0.880. The second kappa shape index (κ2) is 4.78. The number of imidazole rings is 1. The van der Waals surface area contributed by atoms with E-state index in [1.807, 2.05) is 10.8 Å². The molecule has 1 aliphatic rings. The summed E-state index contributed by atoms with van der Waals surface area (Å²) >= 11 is 0. The molecule has 1 aliphatic heterocycles. The van der Waals surface area contributed by atoms with Crippen molar-refractivity contribution in [3.63, 3.8) is 0 Å². The largest absolute Gasteiger partial charge is 0.330 e. The van der Waals surface area contributed by atoms with Gasteiger partial charge in [-0.1, -0.05) is 13.8 Å². The summed E-state index contributed by atoms with van der Waals surface area (Å²) in [5, 5.41) is 3.30. The van der Waals surface area contributed by atoms with Crippen molar-refractivity contribution in [2.24, 2.45) is 0 Å². The Labute approximate surface area is 102 Å². The first-order valence-corrected chi connectivity index (χ1v) is 7.75. The average Bonchev–Trinajstić information content (AvgIpc) is 2.80. The van der Waals surface area contributed by atoms with Gasteiger partial charge in [-0.05, 0) is 6.42 Å². The van der Waals surface area contributed by atoms with Crippen molar-refractivity contribution in [2.75, 3.05) is 11.5 Å². The van der Waals surface area contributed by atoms with Crippen molar-refractivity contribution in [2.45, 2.75) is 38.9 Å². The molecule has 0 saturated carbocycles. The van der Waals surface area contributed by atoms with Gasteiger partial charge in [-0.25, -0.2) is 13.4 Å². The molecule has 5 nitrogen and oxygen atoms in total. The summed E-state index contributed by atoms with van der Waals surface area (Å²) in [7, 11) is -2.84. The van der Waals surface area contributed by atoms with Crippen molar-refractivity contribution in [1.82, 2.24) is 14.9 Å². The van der Waals surface area contributed by atoms with Crippen LogP contribution in [0, 0.1) is 0 Å². The quantitative estimate of drug-likeness (QED) is 0.864. The topological polar surface area (TPSA) is 64.0 Å². The van der Waals surface area contributed by atoms with Gasteiger partial charge in [-0.15, -0.1) is 0 Å². The second-order valence-electron chi connectivity index (χ2n) is 4.84. The first kappa shape index (κ1) is 12.6. The number of hydrogen-bond donors (Lipinski definition) is 1. The molecule has 0 bridgehead atoms. The summed E-state index contributed by atoms with van der Waals surface area (Å²) in [5.41, 5.74) is 0. The van der Waals surface area contributed by atoms with Crippen molar-refractivity contribution >= 4 is 9.84 Å². The minimum Gasteiger partial charge on any atom is -0.330 e. The smallest absolute Gasteiger partial charge is 0.152 e. The van der Waals surface area contributed by atoms with Gasteiger partial charge in [0.15, 0.2) is 9.84 Å². The zero-order valence-corrected chi connectivity index (χ0v) is 11.1. The molecule has 6 heteroatoms. The number of nitrogens with one attached hydrogen (secondary N) is 1. The highest BCUT2D eigenvalue weighted by Crippen LogP contribution is 2.24. The maximum atomic E-state index is 11.5. The highest BCUT2D eigenvalue weighted by molar-refractivity contribution is 7.91. The molecular weight excluding hydrogens is 238 g/mol. The summed E-state index contributed by atoms with van der Waals surface area (Å²) in [6, 6.07) is 0.457. The third kappa shape index (κ3) is 3.07. The molecule has 0 radical (unpaired) electrons. The first-order valence-electron chi connectivity index (χ1n) is 5.93. The van der Waals surface area contributed by atoms with Crippen LogP contribution in [0.5, 0.6) is 0 Å². The van der Waals surface area contributed by atoms with E-state index in [1.54, 1.807) is 6.20 Å². The summed E-state index contributed by atoms with van der Waals surface area (Å²) in [6.45, 7) is 4.84. The summed E-state index contributed by atoms with van der Waals surface area (Å²) in [4.78, 5) is 4.29. The van der Waals surface area contributed by atoms with Gasteiger partial charge in [0.05, 0.1) is 18.1 Å². The third-order valence-electron chi connectivity index (χ3n) is 3.02. The van der Waals surface area contributed by atoms with E-state index in [2.05, 4.69) is 24.1 Å². The van der Waals surface area contributed by atoms with Gasteiger partial charge in [0, 0.05) is 24.5 Å². The monoisotopic (exact) mass is 257 g/mol. The number of hydrogen-bond acceptors (Lipinski definition) is 4. The number of aromatic nitrogens is 2. The molecule has 2 heterocycles. The molecule has 1 N–H and O–H groups in total. The zero-order chi connectivity index (χ0) is 12.5. The van der Waals surface area contributed by atoms with E-state index in [4.69, 9.17) is 0 Å². The molecule has 0 aromatic carbocycles. The molecule has 0 amide bonds. The lowest BCUT2D eigenvalue weighted by atomic mass is 10.2. The molecule has 1 fully saturated rings. The third-order valence-corrected chi connectivity index (χ3v) is 4.77. The van der Waals surface area contributed by atoms with Crippen molar-refractivity contribution in [3.05, 3.63) is 18.2 Å². The van der Waals surface area contributed by atoms with Crippen LogP contribution in [0.1, 0.15) is 32.1 Å². The van der Waals surface area contributed by atoms with Crippen LogP contribution in [-0.2, 0) is 16.4 Å². The molecule has 1 saturated heterocycles. The zero-order valence-electron chi connectivity index (χ0n) is 10.3. The molecular formula is C11H19N3O2S. The molecule has 1 unspecified atom stereocenters. The van der Waals surface area contributed by atoms with Crippen molar-refractivity contribution < 1.29 is 8.42 Å². The predicted molar refractivity (Wildman–Crippen MR) is 66.5 cm³/mol. The van der Waals surface area contributed by atoms with Crippen LogP contribution in [-0.4, -0.2) is 35.5 Å².